The van der Waals surface area contributed by atoms with Crippen molar-refractivity contribution in [3.63, 3.8) is 0 Å². The number of rotatable bonds is 21. The summed E-state index contributed by atoms with van der Waals surface area (Å²) in [5.41, 5.74) is 6.89. The molecule has 4 saturated carbocycles. The number of hydrogen-bond donors (Lipinski definition) is 5. The Kier molecular flexibility index (Phi) is 14.8. The quantitative estimate of drug-likeness (QED) is 0.0336. The summed E-state index contributed by atoms with van der Waals surface area (Å²) in [6.07, 6.45) is 17.9. The van der Waals surface area contributed by atoms with Crippen LogP contribution in [0.2, 0.25) is 0 Å². The van der Waals surface area contributed by atoms with Crippen LogP contribution in [-0.4, -0.2) is 90.9 Å². The molecular formula is C63H70N10O7S. The minimum absolute atomic E-state index is 0.0445. The first-order valence-electron chi connectivity index (χ1n) is 29.1. The number of amides is 5. The number of allylic oxidation sites excluding steroid dienone is 1. The smallest absolute Gasteiger partial charge is 0.355 e. The Balaban J connectivity index is 0.602. The first kappa shape index (κ1) is 53.9. The Bertz CT molecular complexity index is 3470. The Labute approximate surface area is 475 Å². The average Bonchev–Trinajstić information content (AvgIpc) is 4.10. The van der Waals surface area contributed by atoms with Crippen molar-refractivity contribution in [1.29, 1.82) is 0 Å². The molecule has 5 fully saturated rings. The van der Waals surface area contributed by atoms with E-state index in [1.54, 1.807) is 18.3 Å². The third kappa shape index (κ3) is 10.6. The summed E-state index contributed by atoms with van der Waals surface area (Å²) in [5.74, 6) is -0.842. The number of carbonyl (C=O) groups excluding carboxylic acids is 5. The van der Waals surface area contributed by atoms with E-state index in [1.807, 2.05) is 77.2 Å². The topological polar surface area (TPSA) is 221 Å². The summed E-state index contributed by atoms with van der Waals surface area (Å²) < 4.78 is 3.04. The number of carboxylic acid groups (broad SMARTS) is 1. The van der Waals surface area contributed by atoms with Gasteiger partial charge in [-0.15, -0.1) is 0 Å². The van der Waals surface area contributed by atoms with Gasteiger partial charge < -0.3 is 26.0 Å². The fourth-order valence-corrected chi connectivity index (χ4v) is 15.7. The minimum Gasteiger partial charge on any atom is -0.476 e. The Morgan fingerprint density at radius 3 is 2.33 bits per heavy atom. The molecule has 3 aromatic carbocycles. The largest absolute Gasteiger partial charge is 0.476 e. The monoisotopic (exact) mass is 1110 g/mol. The van der Waals surface area contributed by atoms with E-state index in [1.165, 1.54) is 17.8 Å². The van der Waals surface area contributed by atoms with Crippen LogP contribution in [0.25, 0.3) is 21.3 Å². The molecule has 17 nitrogen and oxygen atoms in total. The van der Waals surface area contributed by atoms with Crippen molar-refractivity contribution < 1.29 is 33.9 Å². The number of unbranched alkanes of at least 4 members (excludes halogenated alkanes) is 7. The van der Waals surface area contributed by atoms with Crippen molar-refractivity contribution in [2.45, 2.75) is 135 Å². The third-order valence-corrected chi connectivity index (χ3v) is 19.2. The fraction of sp³-hybridized carbons (Fsp3) is 0.444. The molecule has 5 amide bonds. The number of benzene rings is 3. The van der Waals surface area contributed by atoms with Crippen molar-refractivity contribution in [2.24, 2.45) is 22.7 Å². The summed E-state index contributed by atoms with van der Waals surface area (Å²) in [4.78, 5) is 92.9. The number of carboxylic acids is 1. The van der Waals surface area contributed by atoms with Crippen LogP contribution in [0.5, 0.6) is 0 Å². The van der Waals surface area contributed by atoms with E-state index in [0.29, 0.717) is 108 Å². The second-order valence-corrected chi connectivity index (χ2v) is 24.9. The maximum atomic E-state index is 14.3. The molecule has 3 aliphatic heterocycles. The number of aromatic nitrogens is 4. The number of carbonyl (C=O) groups is 6. The fourth-order valence-electron chi connectivity index (χ4n) is 14.8. The summed E-state index contributed by atoms with van der Waals surface area (Å²) in [7, 11) is 0. The standard InChI is InChI=1S/C63H70N10O7S/c1-38-21-23-50(56(75)67-38)73-57(76)45-17-14-19-49(53(45)58(73)77)64-26-11-7-5-3-4-6-8-12-27-65-60(80)63-32-40-29-41(33-63)31-62(30-40,36-63)37-72-39(2)46(34-66-72)43-22-24-52(69-54(43)59(78)79)71-28-25-42-15-13-16-44(47(42)35-71)55(74)70-61-68-48-18-9-10-20-51(48)81-61/h9-10,13-20,22,24,34,40-41,50,64H,1,3-8,11-12,21,23,25-33,35-37H2,2H3,(H,65,80)(H,67,75)(H,78,79)(H,68,70,74). The second-order valence-electron chi connectivity index (χ2n) is 23.8. The van der Waals surface area contributed by atoms with E-state index < -0.39 is 23.8 Å². The van der Waals surface area contributed by atoms with Gasteiger partial charge in [0.05, 0.1) is 33.0 Å². The highest BCUT2D eigenvalue weighted by Crippen LogP contribution is 2.66. The van der Waals surface area contributed by atoms with Crippen LogP contribution >= 0.6 is 11.3 Å². The van der Waals surface area contributed by atoms with Gasteiger partial charge in [-0.2, -0.15) is 5.10 Å². The number of thiazole rings is 1. The lowest BCUT2D eigenvalue weighted by Crippen LogP contribution is -2.58. The minimum atomic E-state index is -1.12. The van der Waals surface area contributed by atoms with Gasteiger partial charge in [-0.3, -0.25) is 38.9 Å². The zero-order valence-corrected chi connectivity index (χ0v) is 46.8. The van der Waals surface area contributed by atoms with Crippen LogP contribution in [-0.2, 0) is 29.1 Å². The van der Waals surface area contributed by atoms with Gasteiger partial charge in [0.25, 0.3) is 17.7 Å². The molecule has 5 N–H and O–H groups in total. The van der Waals surface area contributed by atoms with Gasteiger partial charge in [-0.05, 0) is 148 Å². The number of anilines is 3. The summed E-state index contributed by atoms with van der Waals surface area (Å²) in [5, 5.41) is 28.5. The normalized spacial score (nSPS) is 22.7. The molecule has 4 aliphatic carbocycles. The highest BCUT2D eigenvalue weighted by atomic mass is 32.1. The summed E-state index contributed by atoms with van der Waals surface area (Å²) >= 11 is 1.43. The Hall–Kier alpha value is -7.73. The number of nitrogens with one attached hydrogen (secondary N) is 4. The van der Waals surface area contributed by atoms with E-state index in [-0.39, 0.29) is 34.2 Å². The first-order valence-corrected chi connectivity index (χ1v) is 29.9. The molecule has 6 aromatic rings. The van der Waals surface area contributed by atoms with Crippen LogP contribution in [0.1, 0.15) is 161 Å². The van der Waals surface area contributed by atoms with Crippen LogP contribution in [0, 0.1) is 29.6 Å². The van der Waals surface area contributed by atoms with Gasteiger partial charge in [0.2, 0.25) is 11.8 Å². The van der Waals surface area contributed by atoms with E-state index in [2.05, 4.69) is 32.8 Å². The van der Waals surface area contributed by atoms with Gasteiger partial charge >= 0.3 is 5.97 Å². The maximum absolute atomic E-state index is 14.3. The van der Waals surface area contributed by atoms with E-state index in [9.17, 15) is 33.9 Å². The molecule has 1 saturated heterocycles. The van der Waals surface area contributed by atoms with Crippen LogP contribution in [0.4, 0.5) is 16.6 Å². The predicted molar refractivity (Wildman–Crippen MR) is 311 cm³/mol. The maximum Gasteiger partial charge on any atom is 0.355 e. The average molecular weight is 1110 g/mol. The lowest BCUT2D eigenvalue weighted by Gasteiger charge is -2.61. The molecule has 7 aliphatic rings. The summed E-state index contributed by atoms with van der Waals surface area (Å²) in [6.45, 7) is 8.87. The number of pyridine rings is 1. The zero-order valence-electron chi connectivity index (χ0n) is 46.0. The van der Waals surface area contributed by atoms with Gasteiger partial charge in [0.1, 0.15) is 11.9 Å². The number of piperidine rings is 1. The van der Waals surface area contributed by atoms with Crippen molar-refractivity contribution in [2.75, 3.05) is 35.2 Å². The van der Waals surface area contributed by atoms with Crippen LogP contribution in [0.3, 0.4) is 0 Å². The molecule has 3 aromatic heterocycles. The number of nitrogens with zero attached hydrogens (tertiary/aromatic N) is 6. The highest BCUT2D eigenvalue weighted by Gasteiger charge is 2.60. The summed E-state index contributed by atoms with van der Waals surface area (Å²) in [6, 6.07) is 21.7. The zero-order chi connectivity index (χ0) is 56.0. The van der Waals surface area contributed by atoms with Gasteiger partial charge in [0, 0.05) is 66.5 Å². The van der Waals surface area contributed by atoms with Crippen molar-refractivity contribution >= 4 is 73.7 Å². The van der Waals surface area contributed by atoms with E-state index in [0.717, 1.165) is 121 Å². The molecular weight excluding hydrogens is 1040 g/mol. The number of fused-ring (bicyclic) bond motifs is 3. The highest BCUT2D eigenvalue weighted by molar-refractivity contribution is 7.22. The van der Waals surface area contributed by atoms with Crippen molar-refractivity contribution in [3.8, 4) is 11.1 Å². The number of hydrogen-bond acceptors (Lipinski definition) is 12. The van der Waals surface area contributed by atoms with Crippen molar-refractivity contribution in [1.82, 2.24) is 35.3 Å². The van der Waals surface area contributed by atoms with Crippen LogP contribution in [0.15, 0.2) is 91.3 Å². The van der Waals surface area contributed by atoms with Gasteiger partial charge in [0.15, 0.2) is 10.8 Å². The molecule has 0 spiro atoms. The molecule has 18 heteroatoms. The molecule has 4 bridgehead atoms. The molecule has 13 rings (SSSR count). The van der Waals surface area contributed by atoms with Gasteiger partial charge in [-0.25, -0.2) is 14.8 Å². The van der Waals surface area contributed by atoms with Crippen molar-refractivity contribution in [3.05, 3.63) is 130 Å². The molecule has 3 unspecified atom stereocenters. The van der Waals surface area contributed by atoms with E-state index >= 15 is 0 Å². The number of imide groups is 1. The predicted octanol–water partition coefficient (Wildman–Crippen LogP) is 10.7. The molecule has 6 heterocycles. The number of aromatic carboxylic acids is 1. The second kappa shape index (κ2) is 22.3. The Morgan fingerprint density at radius 2 is 1.57 bits per heavy atom. The lowest BCUT2D eigenvalue weighted by molar-refractivity contribution is -0.159. The third-order valence-electron chi connectivity index (χ3n) is 18.3. The van der Waals surface area contributed by atoms with Crippen LogP contribution < -0.4 is 26.2 Å². The molecule has 0 radical (unpaired) electrons. The van der Waals surface area contributed by atoms with E-state index in [4.69, 9.17) is 10.1 Å². The first-order chi connectivity index (χ1) is 39.2. The molecule has 420 valence electrons. The van der Waals surface area contributed by atoms with Gasteiger partial charge in [-0.1, -0.05) is 86.8 Å². The SMILES string of the molecule is C=C1CCC(N2C(=O)c3cccc(NCCCCCCCCCCNC(=O)C45CC6CC(CC(Cn7ncc(-c8ccc(N9CCc%10cccc(C(=O)Nc%11nc%12ccccc%12s%11)c%10C9)nc8C(=O)O)c7C)(C6)C4)C5)c3C2=O)C(=O)N1. The lowest BCUT2D eigenvalue weighted by atomic mass is 9.44. The number of para-hydroxylation sites is 1. The Morgan fingerprint density at radius 1 is 0.815 bits per heavy atom. The molecule has 3 atom stereocenters. The molecule has 81 heavy (non-hydrogen) atoms.